The zero-order valence-corrected chi connectivity index (χ0v) is 8.79. The summed E-state index contributed by atoms with van der Waals surface area (Å²) in [4.78, 5) is 0. The molecule has 1 aromatic heterocycles. The van der Waals surface area contributed by atoms with E-state index in [-0.39, 0.29) is 0 Å². The predicted molar refractivity (Wildman–Crippen MR) is 53.3 cm³/mol. The van der Waals surface area contributed by atoms with E-state index in [2.05, 4.69) is 5.10 Å². The summed E-state index contributed by atoms with van der Waals surface area (Å²) in [6, 6.07) is 6.03. The molecule has 0 fully saturated rings. The lowest BCUT2D eigenvalue weighted by atomic mass is 10.3. The first-order chi connectivity index (χ1) is 7.88. The second kappa shape index (κ2) is 3.87. The second-order valence-corrected chi connectivity index (χ2v) is 3.56. The summed E-state index contributed by atoms with van der Waals surface area (Å²) in [5, 5.41) is 3.45. The van der Waals surface area contributed by atoms with E-state index < -0.39 is 17.7 Å². The highest BCUT2D eigenvalue weighted by atomic mass is 19.4. The van der Waals surface area contributed by atoms with Crippen molar-refractivity contribution in [2.75, 3.05) is 0 Å². The minimum Gasteiger partial charge on any atom is -0.238 e. The van der Waals surface area contributed by atoms with E-state index in [4.69, 9.17) is 0 Å². The average Bonchev–Trinajstić information content (AvgIpc) is 2.61. The number of hydrogen-bond acceptors (Lipinski definition) is 1. The lowest BCUT2D eigenvalue weighted by Gasteiger charge is -2.04. The molecule has 0 aliphatic carbocycles. The summed E-state index contributed by atoms with van der Waals surface area (Å²) < 4.78 is 51.1. The van der Waals surface area contributed by atoms with Gasteiger partial charge in [0.15, 0.2) is 5.69 Å². The van der Waals surface area contributed by atoms with Crippen LogP contribution < -0.4 is 0 Å². The average molecular weight is 244 g/mol. The first-order valence-corrected chi connectivity index (χ1v) is 4.78. The largest absolute Gasteiger partial charge is 0.435 e. The van der Waals surface area contributed by atoms with Crippen LogP contribution >= 0.6 is 0 Å². The molecule has 0 amide bonds. The van der Waals surface area contributed by atoms with Crippen molar-refractivity contribution in [3.8, 4) is 5.69 Å². The number of alkyl halides is 3. The van der Waals surface area contributed by atoms with Crippen molar-refractivity contribution in [1.82, 2.24) is 9.78 Å². The zero-order chi connectivity index (χ0) is 12.6. The van der Waals surface area contributed by atoms with E-state index in [1.165, 1.54) is 31.2 Å². The molecule has 1 heterocycles. The van der Waals surface area contributed by atoms with Gasteiger partial charge in [0.25, 0.3) is 0 Å². The molecule has 0 bridgehead atoms. The molecule has 0 unspecified atom stereocenters. The molecule has 17 heavy (non-hydrogen) atoms. The van der Waals surface area contributed by atoms with Crippen LogP contribution in [0.3, 0.4) is 0 Å². The second-order valence-electron chi connectivity index (χ2n) is 3.56. The number of aromatic nitrogens is 2. The first kappa shape index (κ1) is 11.6. The summed E-state index contributed by atoms with van der Waals surface area (Å²) in [6.07, 6.45) is -4.48. The SMILES string of the molecule is Cc1cc(C(F)(F)F)nn1-c1ccc(F)cc1. The summed E-state index contributed by atoms with van der Waals surface area (Å²) in [5.41, 5.74) is -0.234. The Bertz CT molecular complexity index is 525. The quantitative estimate of drug-likeness (QED) is 0.703. The van der Waals surface area contributed by atoms with Gasteiger partial charge in [-0.1, -0.05) is 0 Å². The minimum atomic E-state index is -4.48. The highest BCUT2D eigenvalue weighted by Crippen LogP contribution is 2.29. The van der Waals surface area contributed by atoms with Crippen molar-refractivity contribution in [2.45, 2.75) is 13.1 Å². The summed E-state index contributed by atoms with van der Waals surface area (Å²) >= 11 is 0. The van der Waals surface area contributed by atoms with Gasteiger partial charge in [0.1, 0.15) is 5.82 Å². The van der Waals surface area contributed by atoms with Gasteiger partial charge in [0, 0.05) is 5.69 Å². The third-order valence-electron chi connectivity index (χ3n) is 2.25. The van der Waals surface area contributed by atoms with Crippen LogP contribution in [0.2, 0.25) is 0 Å². The maximum atomic E-state index is 12.7. The van der Waals surface area contributed by atoms with Gasteiger partial charge in [-0.05, 0) is 37.3 Å². The molecule has 0 spiro atoms. The van der Waals surface area contributed by atoms with Gasteiger partial charge in [-0.25, -0.2) is 9.07 Å². The van der Waals surface area contributed by atoms with Crippen molar-refractivity contribution in [2.24, 2.45) is 0 Å². The lowest BCUT2D eigenvalue weighted by Crippen LogP contribution is -2.07. The first-order valence-electron chi connectivity index (χ1n) is 4.78. The van der Waals surface area contributed by atoms with Gasteiger partial charge in [-0.3, -0.25) is 0 Å². The van der Waals surface area contributed by atoms with Crippen LogP contribution in [-0.4, -0.2) is 9.78 Å². The van der Waals surface area contributed by atoms with E-state index in [0.29, 0.717) is 11.4 Å². The van der Waals surface area contributed by atoms with E-state index in [1.54, 1.807) is 0 Å². The van der Waals surface area contributed by atoms with Crippen LogP contribution in [0, 0.1) is 12.7 Å². The van der Waals surface area contributed by atoms with Gasteiger partial charge in [0.05, 0.1) is 5.69 Å². The summed E-state index contributed by atoms with van der Waals surface area (Å²) in [5.74, 6) is -0.449. The number of nitrogens with zero attached hydrogens (tertiary/aromatic N) is 2. The molecule has 90 valence electrons. The van der Waals surface area contributed by atoms with Gasteiger partial charge in [0.2, 0.25) is 0 Å². The molecule has 1 aromatic carbocycles. The summed E-state index contributed by atoms with van der Waals surface area (Å²) in [6.45, 7) is 1.51. The predicted octanol–water partition coefficient (Wildman–Crippen LogP) is 3.34. The Morgan fingerprint density at radius 2 is 1.71 bits per heavy atom. The van der Waals surface area contributed by atoms with Crippen molar-refractivity contribution < 1.29 is 17.6 Å². The Morgan fingerprint density at radius 1 is 1.12 bits per heavy atom. The minimum absolute atomic E-state index is 0.337. The highest BCUT2D eigenvalue weighted by molar-refractivity contribution is 5.33. The van der Waals surface area contributed by atoms with Crippen LogP contribution in [0.5, 0.6) is 0 Å². The molecule has 0 saturated heterocycles. The Hall–Kier alpha value is -1.85. The smallest absolute Gasteiger partial charge is 0.238 e. The number of halogens is 4. The molecule has 6 heteroatoms. The number of benzene rings is 1. The van der Waals surface area contributed by atoms with Crippen LogP contribution in [0.25, 0.3) is 5.69 Å². The normalized spacial score (nSPS) is 11.8. The molecule has 0 saturated carbocycles. The molecular weight excluding hydrogens is 236 g/mol. The van der Waals surface area contributed by atoms with Crippen LogP contribution in [0.1, 0.15) is 11.4 Å². The number of hydrogen-bond donors (Lipinski definition) is 0. The zero-order valence-electron chi connectivity index (χ0n) is 8.79. The Labute approximate surface area is 94.5 Å². The van der Waals surface area contributed by atoms with Gasteiger partial charge < -0.3 is 0 Å². The Balaban J connectivity index is 2.46. The fourth-order valence-corrected chi connectivity index (χ4v) is 1.46. The molecule has 2 rings (SSSR count). The summed E-state index contributed by atoms with van der Waals surface area (Å²) in [7, 11) is 0. The van der Waals surface area contributed by atoms with E-state index >= 15 is 0 Å². The topological polar surface area (TPSA) is 17.8 Å². The molecule has 0 radical (unpaired) electrons. The van der Waals surface area contributed by atoms with Crippen molar-refractivity contribution in [1.29, 1.82) is 0 Å². The van der Waals surface area contributed by atoms with Crippen LogP contribution in [-0.2, 0) is 6.18 Å². The Kier molecular flexibility index (Phi) is 2.65. The molecular formula is C11H8F4N2. The fraction of sp³-hybridized carbons (Fsp3) is 0.182. The molecule has 0 aliphatic rings. The molecule has 0 N–H and O–H groups in total. The van der Waals surface area contributed by atoms with Gasteiger partial charge in [-0.2, -0.15) is 18.3 Å². The lowest BCUT2D eigenvalue weighted by molar-refractivity contribution is -0.141. The van der Waals surface area contributed by atoms with E-state index in [1.807, 2.05) is 0 Å². The molecule has 2 nitrogen and oxygen atoms in total. The number of rotatable bonds is 1. The third kappa shape index (κ3) is 2.30. The molecule has 2 aromatic rings. The standard InChI is InChI=1S/C11H8F4N2/c1-7-6-10(11(13,14)15)16-17(7)9-4-2-8(12)3-5-9/h2-6H,1H3. The van der Waals surface area contributed by atoms with Crippen LogP contribution in [0.4, 0.5) is 17.6 Å². The third-order valence-corrected chi connectivity index (χ3v) is 2.25. The van der Waals surface area contributed by atoms with Crippen molar-refractivity contribution in [3.63, 3.8) is 0 Å². The van der Waals surface area contributed by atoms with Crippen molar-refractivity contribution >= 4 is 0 Å². The highest BCUT2D eigenvalue weighted by Gasteiger charge is 2.34. The Morgan fingerprint density at radius 3 is 2.18 bits per heavy atom. The molecule has 0 aliphatic heterocycles. The molecule has 0 atom stereocenters. The maximum Gasteiger partial charge on any atom is 0.435 e. The van der Waals surface area contributed by atoms with Gasteiger partial charge in [-0.15, -0.1) is 0 Å². The monoisotopic (exact) mass is 244 g/mol. The van der Waals surface area contributed by atoms with E-state index in [0.717, 1.165) is 10.7 Å². The van der Waals surface area contributed by atoms with Crippen molar-refractivity contribution in [3.05, 3.63) is 47.5 Å². The van der Waals surface area contributed by atoms with Gasteiger partial charge >= 0.3 is 6.18 Å². The van der Waals surface area contributed by atoms with Crippen LogP contribution in [0.15, 0.2) is 30.3 Å². The maximum absolute atomic E-state index is 12.7. The number of aryl methyl sites for hydroxylation is 1. The fourth-order valence-electron chi connectivity index (χ4n) is 1.46. The van der Waals surface area contributed by atoms with E-state index in [9.17, 15) is 17.6 Å².